The Kier molecular flexibility index (Phi) is 7.67. The highest BCUT2D eigenvalue weighted by molar-refractivity contribution is 5.88. The van der Waals surface area contributed by atoms with Crippen LogP contribution in [0.25, 0.3) is 22.0 Å². The fourth-order valence-corrected chi connectivity index (χ4v) is 6.98. The lowest BCUT2D eigenvalue weighted by Crippen LogP contribution is -2.48. The quantitative estimate of drug-likeness (QED) is 0.168. The van der Waals surface area contributed by atoms with Crippen LogP contribution in [0.1, 0.15) is 96.7 Å². The van der Waals surface area contributed by atoms with Gasteiger partial charge in [-0.3, -0.25) is 10.2 Å². The number of benzene rings is 2. The second kappa shape index (κ2) is 11.5. The molecule has 10 nitrogen and oxygen atoms in total. The predicted molar refractivity (Wildman–Crippen MR) is 183 cm³/mol. The number of ether oxygens (including phenoxy) is 2. The zero-order chi connectivity index (χ0) is 34.0. The number of aromatic amines is 2. The molecule has 0 radical (unpaired) electrons. The lowest BCUT2D eigenvalue weighted by Gasteiger charge is -2.30. The maximum Gasteiger partial charge on any atom is 0.411 e. The summed E-state index contributed by atoms with van der Waals surface area (Å²) >= 11 is 0. The number of nitrogens with one attached hydrogen (secondary N) is 3. The molecule has 0 spiro atoms. The van der Waals surface area contributed by atoms with Gasteiger partial charge in [0.15, 0.2) is 5.54 Å². The van der Waals surface area contributed by atoms with E-state index in [9.17, 15) is 9.59 Å². The first-order valence-electron chi connectivity index (χ1n) is 16.8. The van der Waals surface area contributed by atoms with Gasteiger partial charge in [0.05, 0.1) is 24.1 Å². The van der Waals surface area contributed by atoms with Crippen LogP contribution in [0.4, 0.5) is 4.79 Å². The third-order valence-electron chi connectivity index (χ3n) is 9.25. The minimum absolute atomic E-state index is 0.124. The molecule has 48 heavy (non-hydrogen) atoms. The van der Waals surface area contributed by atoms with Crippen LogP contribution in [0, 0.1) is 23.7 Å². The van der Waals surface area contributed by atoms with Gasteiger partial charge in [0.1, 0.15) is 28.5 Å². The molecule has 2 aliphatic heterocycles. The van der Waals surface area contributed by atoms with Crippen molar-refractivity contribution in [1.82, 2.24) is 30.2 Å². The summed E-state index contributed by atoms with van der Waals surface area (Å²) in [5, 5.41) is 5.53. The van der Waals surface area contributed by atoms with Gasteiger partial charge in [-0.2, -0.15) is 0 Å². The van der Waals surface area contributed by atoms with Crippen LogP contribution in [0.15, 0.2) is 48.8 Å². The summed E-state index contributed by atoms with van der Waals surface area (Å²) in [5.74, 6) is 8.31. The number of rotatable bonds is 4. The van der Waals surface area contributed by atoms with E-state index in [0.29, 0.717) is 36.3 Å². The van der Waals surface area contributed by atoms with E-state index in [0.717, 1.165) is 46.3 Å². The molecule has 0 unspecified atom stereocenters. The highest BCUT2D eigenvalue weighted by Crippen LogP contribution is 2.53. The average molecular weight is 649 g/mol. The van der Waals surface area contributed by atoms with Gasteiger partial charge in [0.2, 0.25) is 0 Å². The number of piperidine rings is 1. The van der Waals surface area contributed by atoms with Crippen molar-refractivity contribution < 1.29 is 19.1 Å². The molecule has 3 fully saturated rings. The Hall–Kier alpha value is -4.62. The number of carbonyl (C=O) groups excluding carboxylic acids is 2. The Balaban J connectivity index is 1.07. The second-order valence-electron chi connectivity index (χ2n) is 15.7. The van der Waals surface area contributed by atoms with E-state index >= 15 is 0 Å². The lowest BCUT2D eigenvalue weighted by atomic mass is 9.92. The number of esters is 1. The zero-order valence-electron chi connectivity index (χ0n) is 28.7. The van der Waals surface area contributed by atoms with E-state index in [-0.39, 0.29) is 24.1 Å². The molecule has 3 aliphatic rings. The van der Waals surface area contributed by atoms with Crippen molar-refractivity contribution in [2.75, 3.05) is 6.54 Å². The number of imidazole rings is 2. The van der Waals surface area contributed by atoms with Gasteiger partial charge in [-0.15, -0.1) is 0 Å². The number of fused-ring (bicyclic) bond motifs is 2. The first kappa shape index (κ1) is 32.0. The first-order chi connectivity index (χ1) is 22.7. The molecule has 4 heterocycles. The summed E-state index contributed by atoms with van der Waals surface area (Å²) in [4.78, 5) is 44.3. The fourth-order valence-electron chi connectivity index (χ4n) is 6.98. The van der Waals surface area contributed by atoms with E-state index in [1.54, 1.807) is 12.4 Å². The molecule has 0 bridgehead atoms. The van der Waals surface area contributed by atoms with Gasteiger partial charge in [-0.25, -0.2) is 19.6 Å². The van der Waals surface area contributed by atoms with Crippen molar-refractivity contribution >= 4 is 22.8 Å². The van der Waals surface area contributed by atoms with Gasteiger partial charge in [-0.1, -0.05) is 31.0 Å². The Morgan fingerprint density at radius 3 is 2.40 bits per heavy atom. The van der Waals surface area contributed by atoms with Crippen LogP contribution in [-0.2, 0) is 19.8 Å². The number of aromatic nitrogens is 4. The Morgan fingerprint density at radius 2 is 1.67 bits per heavy atom. The summed E-state index contributed by atoms with van der Waals surface area (Å²) < 4.78 is 11.5. The second-order valence-corrected chi connectivity index (χ2v) is 15.7. The molecule has 5 atom stereocenters. The van der Waals surface area contributed by atoms with E-state index in [2.05, 4.69) is 68.3 Å². The predicted octanol–water partition coefficient (Wildman–Crippen LogP) is 6.59. The summed E-state index contributed by atoms with van der Waals surface area (Å²) in [6.45, 7) is 14.1. The minimum Gasteiger partial charge on any atom is -0.458 e. The van der Waals surface area contributed by atoms with Crippen LogP contribution in [0.2, 0.25) is 0 Å². The average Bonchev–Trinajstić information content (AvgIpc) is 3.50. The summed E-state index contributed by atoms with van der Waals surface area (Å²) in [6.07, 6.45) is 5.77. The maximum absolute atomic E-state index is 13.4. The Labute approximate surface area is 281 Å². The van der Waals surface area contributed by atoms with Crippen molar-refractivity contribution in [1.29, 1.82) is 0 Å². The number of carbonyl (C=O) groups is 2. The molecule has 2 aromatic carbocycles. The number of hydrogen-bond acceptors (Lipinski definition) is 7. The minimum atomic E-state index is -1.00. The highest BCUT2D eigenvalue weighted by atomic mass is 16.6. The monoisotopic (exact) mass is 648 g/mol. The normalized spacial score (nSPS) is 25.0. The van der Waals surface area contributed by atoms with Crippen molar-refractivity contribution in [3.8, 4) is 23.1 Å². The number of amides is 1. The molecule has 1 aliphatic carbocycles. The number of likely N-dealkylation sites (tertiary alicyclic amines) is 1. The van der Waals surface area contributed by atoms with Crippen molar-refractivity contribution in [3.05, 3.63) is 71.7 Å². The SMILES string of the molecule is C[C@@H]1CN[C@](C(=O)OC(C)(C)C)(c2ncc(-c3ccc4cc(C#Cc5cnc([C@@H]6C[C@H]7C[C@H]7N6C(=O)OC(C)(C)C)[nH]5)ccc4c3)[nH]2)C1. The van der Waals surface area contributed by atoms with E-state index in [1.807, 2.05) is 58.6 Å². The third-order valence-corrected chi connectivity index (χ3v) is 9.25. The number of hydrogen-bond donors (Lipinski definition) is 3. The van der Waals surface area contributed by atoms with Gasteiger partial charge in [0, 0.05) is 17.2 Å². The molecular weight excluding hydrogens is 604 g/mol. The molecule has 4 aromatic rings. The first-order valence-corrected chi connectivity index (χ1v) is 16.8. The number of nitrogens with zero attached hydrogens (tertiary/aromatic N) is 3. The summed E-state index contributed by atoms with van der Waals surface area (Å²) in [5.41, 5.74) is 1.25. The topological polar surface area (TPSA) is 125 Å². The van der Waals surface area contributed by atoms with Crippen molar-refractivity contribution in [2.24, 2.45) is 11.8 Å². The van der Waals surface area contributed by atoms with Gasteiger partial charge in [0.25, 0.3) is 0 Å². The third kappa shape index (κ3) is 6.31. The molecular formula is C38H44N6O4. The van der Waals surface area contributed by atoms with Crippen LogP contribution in [0.5, 0.6) is 0 Å². The van der Waals surface area contributed by atoms with E-state index in [4.69, 9.17) is 9.47 Å². The van der Waals surface area contributed by atoms with Gasteiger partial charge in [-0.05, 0) is 114 Å². The largest absolute Gasteiger partial charge is 0.458 e. The van der Waals surface area contributed by atoms with Gasteiger partial charge < -0.3 is 19.4 Å². The van der Waals surface area contributed by atoms with Crippen LogP contribution >= 0.6 is 0 Å². The molecule has 7 rings (SSSR count). The standard InChI is InChI=1S/C38H44N6O4/c1-22-18-38(41-19-22,34(45)47-36(2,3)4)33-40-21-29(43-33)26-12-11-24-14-23(8-10-25(24)15-26)9-13-28-20-39-32(42-28)31-17-27-16-30(27)44(31)35(46)48-37(5,6)7/h8,10-12,14-15,20-22,27,30-31,41H,16-19H2,1-7H3,(H,39,42)(H,40,43)/t22-,27+,30+,31-,38-/m0/s1. The van der Waals surface area contributed by atoms with Crippen molar-refractivity contribution in [3.63, 3.8) is 0 Å². The van der Waals surface area contributed by atoms with Crippen LogP contribution < -0.4 is 5.32 Å². The molecule has 3 N–H and O–H groups in total. The van der Waals surface area contributed by atoms with E-state index in [1.165, 1.54) is 0 Å². The zero-order valence-corrected chi connectivity index (χ0v) is 28.7. The molecule has 10 heteroatoms. The molecule has 1 amide bonds. The summed E-state index contributed by atoms with van der Waals surface area (Å²) in [6, 6.07) is 12.5. The van der Waals surface area contributed by atoms with Crippen molar-refractivity contribution in [2.45, 2.75) is 96.6 Å². The maximum atomic E-state index is 13.4. The van der Waals surface area contributed by atoms with Gasteiger partial charge >= 0.3 is 12.1 Å². The fraction of sp³-hybridized carbons (Fsp3) is 0.474. The van der Waals surface area contributed by atoms with Crippen LogP contribution in [0.3, 0.4) is 0 Å². The Bertz CT molecular complexity index is 1950. The van der Waals surface area contributed by atoms with Crippen LogP contribution in [-0.4, -0.2) is 60.7 Å². The molecule has 2 saturated heterocycles. The lowest BCUT2D eigenvalue weighted by molar-refractivity contribution is -0.163. The Morgan fingerprint density at radius 1 is 0.917 bits per heavy atom. The number of H-pyrrole nitrogens is 2. The molecule has 2 aromatic heterocycles. The molecule has 250 valence electrons. The van der Waals surface area contributed by atoms with E-state index < -0.39 is 16.7 Å². The highest BCUT2D eigenvalue weighted by Gasteiger charge is 2.56. The molecule has 1 saturated carbocycles. The smallest absolute Gasteiger partial charge is 0.411 e. The summed E-state index contributed by atoms with van der Waals surface area (Å²) in [7, 11) is 0.